The third kappa shape index (κ3) is 2.96. The van der Waals surface area contributed by atoms with Crippen LogP contribution in [0.3, 0.4) is 0 Å². The van der Waals surface area contributed by atoms with Crippen molar-refractivity contribution in [1.82, 2.24) is 19.7 Å². The van der Waals surface area contributed by atoms with Crippen molar-refractivity contribution in [1.29, 1.82) is 5.26 Å². The lowest BCUT2D eigenvalue weighted by Gasteiger charge is -1.96. The van der Waals surface area contributed by atoms with Crippen LogP contribution in [-0.2, 0) is 7.05 Å². The number of fused-ring (bicyclic) bond motifs is 1. The molecule has 0 aliphatic carbocycles. The van der Waals surface area contributed by atoms with Gasteiger partial charge in [-0.2, -0.15) is 10.4 Å². The lowest BCUT2D eigenvalue weighted by molar-refractivity contribution is 0.790. The van der Waals surface area contributed by atoms with Gasteiger partial charge in [0.1, 0.15) is 16.7 Å². The molecule has 0 saturated heterocycles. The molecular weight excluding hydrogens is 312 g/mol. The number of benzene rings is 1. The molecule has 0 spiro atoms. The molecule has 3 rings (SSSR count). The number of nitrogens with zero attached hydrogens (tertiary/aromatic N) is 4. The molecule has 7 heteroatoms. The van der Waals surface area contributed by atoms with Crippen LogP contribution in [-0.4, -0.2) is 19.7 Å². The molecule has 0 unspecified atom stereocenters. The Morgan fingerprint density at radius 1 is 1.26 bits per heavy atom. The van der Waals surface area contributed by atoms with Gasteiger partial charge in [-0.15, -0.1) is 0 Å². The van der Waals surface area contributed by atoms with Gasteiger partial charge in [-0.05, 0) is 18.2 Å². The largest absolute Gasteiger partial charge is 0.384 e. The van der Waals surface area contributed by atoms with Crippen molar-refractivity contribution < 1.29 is 0 Å². The van der Waals surface area contributed by atoms with Crippen LogP contribution in [0.15, 0.2) is 42.6 Å². The smallest absolute Gasteiger partial charge is 0.160 e. The summed E-state index contributed by atoms with van der Waals surface area (Å²) in [5, 5.41) is 14.6. The van der Waals surface area contributed by atoms with E-state index in [0.717, 1.165) is 16.6 Å². The Morgan fingerprint density at radius 2 is 2.00 bits per heavy atom. The fraction of sp³-hybridized carbons (Fsp3) is 0.0625. The summed E-state index contributed by atoms with van der Waals surface area (Å²) in [7, 11) is 1.80. The minimum Gasteiger partial charge on any atom is -0.384 e. The molecule has 3 N–H and O–H groups in total. The number of nitriles is 1. The molecular formula is C16H13ClN6. The molecule has 114 valence electrons. The molecule has 23 heavy (non-hydrogen) atoms. The summed E-state index contributed by atoms with van der Waals surface area (Å²) in [6.07, 6.45) is 1.71. The Balaban J connectivity index is 2.32. The second-order valence-corrected chi connectivity index (χ2v) is 5.31. The van der Waals surface area contributed by atoms with E-state index in [4.69, 9.17) is 22.6 Å². The van der Waals surface area contributed by atoms with Gasteiger partial charge in [-0.1, -0.05) is 23.7 Å². The van der Waals surface area contributed by atoms with E-state index >= 15 is 0 Å². The second-order valence-electron chi connectivity index (χ2n) is 4.91. The zero-order chi connectivity index (χ0) is 16.4. The van der Waals surface area contributed by atoms with E-state index in [1.165, 1.54) is 6.07 Å². The van der Waals surface area contributed by atoms with Gasteiger partial charge in [0, 0.05) is 30.3 Å². The summed E-state index contributed by atoms with van der Waals surface area (Å²) in [4.78, 5) is 7.29. The molecule has 0 radical (unpaired) electrons. The highest BCUT2D eigenvalue weighted by Crippen LogP contribution is 2.26. The van der Waals surface area contributed by atoms with Gasteiger partial charge < -0.3 is 10.7 Å². The first kappa shape index (κ1) is 14.9. The fourth-order valence-corrected chi connectivity index (χ4v) is 2.44. The Bertz CT molecular complexity index is 961. The average Bonchev–Trinajstić information content (AvgIpc) is 2.86. The number of H-pyrrole nitrogens is 1. The molecule has 6 nitrogen and oxygen atoms in total. The van der Waals surface area contributed by atoms with E-state index in [2.05, 4.69) is 21.1 Å². The molecule has 0 aliphatic heterocycles. The first-order chi connectivity index (χ1) is 11.1. The quantitative estimate of drug-likeness (QED) is 0.718. The monoisotopic (exact) mass is 324 g/mol. The number of aromatic amines is 1. The highest BCUT2D eigenvalue weighted by atomic mass is 35.5. The van der Waals surface area contributed by atoms with Gasteiger partial charge >= 0.3 is 0 Å². The molecule has 0 atom stereocenters. The van der Waals surface area contributed by atoms with Gasteiger partial charge in [0.25, 0.3) is 0 Å². The molecule has 0 bridgehead atoms. The van der Waals surface area contributed by atoms with E-state index in [1.54, 1.807) is 30.1 Å². The highest BCUT2D eigenvalue weighted by Gasteiger charge is 2.10. The predicted octanol–water partition coefficient (Wildman–Crippen LogP) is 3.20. The lowest BCUT2D eigenvalue weighted by Crippen LogP contribution is -1.94. The number of aryl methyl sites for hydroxylation is 1. The highest BCUT2D eigenvalue weighted by molar-refractivity contribution is 6.29. The third-order valence-corrected chi connectivity index (χ3v) is 3.54. The maximum atomic E-state index is 8.91. The summed E-state index contributed by atoms with van der Waals surface area (Å²) >= 11 is 5.99. The Kier molecular flexibility index (Phi) is 3.87. The molecule has 3 aromatic rings. The van der Waals surface area contributed by atoms with Gasteiger partial charge in [-0.3, -0.25) is 0 Å². The third-order valence-electron chi connectivity index (χ3n) is 3.32. The van der Waals surface area contributed by atoms with Crippen LogP contribution in [0.2, 0.25) is 5.15 Å². The SMILES string of the molecule is Cn1nc(-c2ccc(C#N)cc2)c2cc[nH]c(Cl)cc(N)nc21. The molecule has 0 saturated carbocycles. The number of anilines is 1. The molecule has 2 heterocycles. The lowest BCUT2D eigenvalue weighted by atomic mass is 10.1. The summed E-state index contributed by atoms with van der Waals surface area (Å²) in [6.45, 7) is 0. The standard InChI is InChI=1S/C16H13ClN6/c1-23-16-12(6-7-20-13(17)8-14(19)21-16)15(22-23)11-4-2-10(9-18)3-5-11/h2-8,20H,1H3,(H2,19,21). The maximum Gasteiger partial charge on any atom is 0.160 e. The summed E-state index contributed by atoms with van der Waals surface area (Å²) in [5.41, 5.74) is 8.74. The molecule has 0 fully saturated rings. The minimum absolute atomic E-state index is 0.279. The van der Waals surface area contributed by atoms with E-state index in [-0.39, 0.29) is 5.82 Å². The molecule has 0 aliphatic rings. The summed E-state index contributed by atoms with van der Waals surface area (Å²) in [5.74, 6) is 0.279. The number of nitrogen functional groups attached to an aromatic ring is 1. The first-order valence-corrected chi connectivity index (χ1v) is 7.18. The van der Waals surface area contributed by atoms with Crippen LogP contribution in [0.4, 0.5) is 5.82 Å². The fourth-order valence-electron chi connectivity index (χ4n) is 2.26. The van der Waals surface area contributed by atoms with Crippen LogP contribution >= 0.6 is 11.6 Å². The summed E-state index contributed by atoms with van der Waals surface area (Å²) in [6, 6.07) is 12.7. The number of hydrogen-bond acceptors (Lipinski definition) is 4. The number of nitrogens with two attached hydrogens (primary N) is 1. The Labute approximate surface area is 137 Å². The van der Waals surface area contributed by atoms with Crippen LogP contribution in [0.5, 0.6) is 0 Å². The number of rotatable bonds is 1. The second kappa shape index (κ2) is 5.99. The van der Waals surface area contributed by atoms with Crippen molar-refractivity contribution in [3.63, 3.8) is 0 Å². The van der Waals surface area contributed by atoms with Crippen molar-refractivity contribution in [3.05, 3.63) is 53.3 Å². The van der Waals surface area contributed by atoms with Crippen molar-refractivity contribution >= 4 is 28.5 Å². The van der Waals surface area contributed by atoms with Gasteiger partial charge in [-0.25, -0.2) is 9.67 Å². The van der Waals surface area contributed by atoms with Crippen molar-refractivity contribution in [3.8, 4) is 17.3 Å². The van der Waals surface area contributed by atoms with Crippen LogP contribution in [0.1, 0.15) is 5.56 Å². The first-order valence-electron chi connectivity index (χ1n) is 6.80. The molecule has 2 aromatic heterocycles. The van der Waals surface area contributed by atoms with Crippen molar-refractivity contribution in [2.45, 2.75) is 0 Å². The number of hydrogen-bond donors (Lipinski definition) is 2. The zero-order valence-electron chi connectivity index (χ0n) is 12.3. The van der Waals surface area contributed by atoms with E-state index < -0.39 is 0 Å². The van der Waals surface area contributed by atoms with Gasteiger partial charge in [0.05, 0.1) is 11.6 Å². The molecule has 1 aromatic carbocycles. The minimum atomic E-state index is 0.279. The number of aromatic nitrogens is 4. The number of halogens is 1. The normalized spacial score (nSPS) is 10.3. The Morgan fingerprint density at radius 3 is 2.70 bits per heavy atom. The van der Waals surface area contributed by atoms with Crippen molar-refractivity contribution in [2.75, 3.05) is 5.73 Å². The predicted molar refractivity (Wildman–Crippen MR) is 90.1 cm³/mol. The van der Waals surface area contributed by atoms with Crippen LogP contribution in [0.25, 0.3) is 22.3 Å². The topological polar surface area (TPSA) is 96.3 Å². The van der Waals surface area contributed by atoms with Gasteiger partial charge in [0.2, 0.25) is 0 Å². The number of nitrogens with one attached hydrogen (secondary N) is 1. The maximum absolute atomic E-state index is 8.91. The zero-order valence-corrected chi connectivity index (χ0v) is 13.0. The van der Waals surface area contributed by atoms with Crippen LogP contribution in [0, 0.1) is 11.3 Å². The van der Waals surface area contributed by atoms with Crippen LogP contribution < -0.4 is 5.73 Å². The summed E-state index contributed by atoms with van der Waals surface area (Å²) < 4.78 is 1.66. The molecule has 0 amide bonds. The van der Waals surface area contributed by atoms with E-state index in [0.29, 0.717) is 16.4 Å². The van der Waals surface area contributed by atoms with Crippen molar-refractivity contribution in [2.24, 2.45) is 7.05 Å². The average molecular weight is 325 g/mol. The van der Waals surface area contributed by atoms with Gasteiger partial charge in [0.15, 0.2) is 5.65 Å². The van der Waals surface area contributed by atoms with E-state index in [9.17, 15) is 0 Å². The van der Waals surface area contributed by atoms with E-state index in [1.807, 2.05) is 18.2 Å². The Hall–Kier alpha value is -3.04.